The molecule has 0 saturated heterocycles. The van der Waals surface area contributed by atoms with Crippen molar-refractivity contribution in [2.45, 2.75) is 84.0 Å². The normalized spacial score (nSPS) is 11.2. The molecule has 0 unspecified atom stereocenters. The van der Waals surface area contributed by atoms with Gasteiger partial charge in [0.25, 0.3) is 0 Å². The summed E-state index contributed by atoms with van der Waals surface area (Å²) in [5.41, 5.74) is 0.732. The molecule has 1 aromatic carbocycles. The zero-order valence-corrected chi connectivity index (χ0v) is 16.2. The fourth-order valence-corrected chi connectivity index (χ4v) is 3.09. The number of phenols is 1. The molecule has 24 heavy (non-hydrogen) atoms. The van der Waals surface area contributed by atoms with Gasteiger partial charge in [0.2, 0.25) is 0 Å². The minimum Gasteiger partial charge on any atom is -0.540 e. The highest BCUT2D eigenvalue weighted by Crippen LogP contribution is 2.28. The van der Waals surface area contributed by atoms with Crippen LogP contribution in [0.5, 0.6) is 11.5 Å². The van der Waals surface area contributed by atoms with Gasteiger partial charge in [-0.05, 0) is 25.0 Å². The van der Waals surface area contributed by atoms with E-state index in [4.69, 9.17) is 4.43 Å². The van der Waals surface area contributed by atoms with E-state index in [1.165, 1.54) is 70.6 Å². The lowest BCUT2D eigenvalue weighted by molar-refractivity contribution is 0.469. The van der Waals surface area contributed by atoms with E-state index >= 15 is 0 Å². The first kappa shape index (κ1) is 20.8. The molecule has 1 rings (SSSR count). The molecule has 3 radical (unpaired) electrons. The monoisotopic (exact) mass is 345 g/mol. The summed E-state index contributed by atoms with van der Waals surface area (Å²) < 4.78 is 5.08. The second-order valence-corrected chi connectivity index (χ2v) is 6.72. The van der Waals surface area contributed by atoms with Crippen molar-refractivity contribution < 1.29 is 9.53 Å². The second kappa shape index (κ2) is 14.1. The molecular formula is C21H33O2Si. The first-order chi connectivity index (χ1) is 11.8. The highest BCUT2D eigenvalue weighted by molar-refractivity contribution is 6.00. The number of unbranched alkanes of at least 4 members (excludes halogenated alkanes) is 11. The minimum atomic E-state index is 0.251. The van der Waals surface area contributed by atoms with Crippen LogP contribution in [0.3, 0.4) is 0 Å². The maximum atomic E-state index is 9.86. The Morgan fingerprint density at radius 3 is 2.08 bits per heavy atom. The van der Waals surface area contributed by atoms with Crippen molar-refractivity contribution in [1.29, 1.82) is 0 Å². The van der Waals surface area contributed by atoms with Crippen LogP contribution < -0.4 is 4.43 Å². The predicted octanol–water partition coefficient (Wildman–Crippen LogP) is 6.57. The summed E-state index contributed by atoms with van der Waals surface area (Å²) in [7, 11) is 3.03. The summed E-state index contributed by atoms with van der Waals surface area (Å²) >= 11 is 0. The topological polar surface area (TPSA) is 29.5 Å². The molecule has 2 nitrogen and oxygen atoms in total. The van der Waals surface area contributed by atoms with Gasteiger partial charge in [-0.1, -0.05) is 89.4 Å². The lowest BCUT2D eigenvalue weighted by Crippen LogP contribution is -1.88. The molecule has 0 saturated carbocycles. The van der Waals surface area contributed by atoms with E-state index < -0.39 is 0 Å². The first-order valence-electron chi connectivity index (χ1n) is 9.61. The van der Waals surface area contributed by atoms with Crippen LogP contribution in [0.2, 0.25) is 0 Å². The molecular weight excluding hydrogens is 312 g/mol. The van der Waals surface area contributed by atoms with Crippen molar-refractivity contribution in [3.63, 3.8) is 0 Å². The highest BCUT2D eigenvalue weighted by Gasteiger charge is 2.03. The standard InChI is InChI=1S/C21H33O2Si/c1-2-3-4-5-6-7-8-9-10-11-12-13-14-16-19-20(22)17-15-18-21(19)23-24/h14-18,22H,2-13H2,1H3. The van der Waals surface area contributed by atoms with Crippen LogP contribution in [0, 0.1) is 0 Å². The van der Waals surface area contributed by atoms with Gasteiger partial charge in [-0.2, -0.15) is 0 Å². The zero-order valence-electron chi connectivity index (χ0n) is 15.2. The van der Waals surface area contributed by atoms with Gasteiger partial charge in [-0.15, -0.1) is 0 Å². The first-order valence-corrected chi connectivity index (χ1v) is 10.0. The van der Waals surface area contributed by atoms with Crippen LogP contribution in [-0.4, -0.2) is 15.6 Å². The van der Waals surface area contributed by atoms with Gasteiger partial charge in [0.1, 0.15) is 11.5 Å². The highest BCUT2D eigenvalue weighted by atomic mass is 28.2. The summed E-state index contributed by atoms with van der Waals surface area (Å²) in [4.78, 5) is 0. The number of rotatable bonds is 14. The van der Waals surface area contributed by atoms with E-state index in [-0.39, 0.29) is 5.75 Å². The third-order valence-corrected chi connectivity index (χ3v) is 4.63. The van der Waals surface area contributed by atoms with Gasteiger partial charge in [0.15, 0.2) is 0 Å². The van der Waals surface area contributed by atoms with Crippen molar-refractivity contribution in [2.75, 3.05) is 0 Å². The summed E-state index contributed by atoms with van der Waals surface area (Å²) in [5, 5.41) is 9.86. The van der Waals surface area contributed by atoms with Gasteiger partial charge >= 0.3 is 10.5 Å². The van der Waals surface area contributed by atoms with E-state index in [0.717, 1.165) is 12.0 Å². The molecule has 3 heteroatoms. The SMILES string of the molecule is CCCCCCCCCCCCCC=Cc1c(O)cccc1O[Si]. The molecule has 0 aliphatic heterocycles. The fraction of sp³-hybridized carbons (Fsp3) is 0.619. The number of allylic oxidation sites excluding steroid dienone is 1. The molecule has 0 aromatic heterocycles. The number of phenolic OH excluding ortho intramolecular Hbond substituents is 1. The third kappa shape index (κ3) is 9.17. The van der Waals surface area contributed by atoms with E-state index in [1.54, 1.807) is 12.1 Å². The summed E-state index contributed by atoms with van der Waals surface area (Å²) in [6, 6.07) is 5.28. The molecule has 0 amide bonds. The Labute approximate surface area is 151 Å². The Morgan fingerprint density at radius 2 is 1.50 bits per heavy atom. The Balaban J connectivity index is 2.03. The van der Waals surface area contributed by atoms with Gasteiger partial charge in [0, 0.05) is 0 Å². The molecule has 1 N–H and O–H groups in total. The third-order valence-electron chi connectivity index (χ3n) is 4.41. The number of hydrogen-bond acceptors (Lipinski definition) is 2. The summed E-state index contributed by atoms with van der Waals surface area (Å²) in [5.74, 6) is 0.891. The van der Waals surface area contributed by atoms with E-state index in [2.05, 4.69) is 23.5 Å². The average molecular weight is 346 g/mol. The Bertz CT molecular complexity index is 457. The maximum Gasteiger partial charge on any atom is 0.341 e. The average Bonchev–Trinajstić information content (AvgIpc) is 2.60. The Hall–Kier alpha value is -1.22. The van der Waals surface area contributed by atoms with Crippen molar-refractivity contribution in [3.05, 3.63) is 29.8 Å². The maximum absolute atomic E-state index is 9.86. The van der Waals surface area contributed by atoms with Crippen molar-refractivity contribution >= 4 is 16.6 Å². The van der Waals surface area contributed by atoms with Gasteiger partial charge in [-0.25, -0.2) is 0 Å². The lowest BCUT2D eigenvalue weighted by atomic mass is 10.0. The number of benzene rings is 1. The number of aromatic hydroxyl groups is 1. The van der Waals surface area contributed by atoms with Crippen LogP contribution in [0.15, 0.2) is 24.3 Å². The van der Waals surface area contributed by atoms with Gasteiger partial charge in [-0.3, -0.25) is 0 Å². The van der Waals surface area contributed by atoms with Crippen LogP contribution >= 0.6 is 0 Å². The van der Waals surface area contributed by atoms with Gasteiger partial charge < -0.3 is 9.53 Å². The number of hydrogen-bond donors (Lipinski definition) is 1. The molecule has 0 aliphatic carbocycles. The largest absolute Gasteiger partial charge is 0.540 e. The fourth-order valence-electron chi connectivity index (χ4n) is 2.92. The summed E-state index contributed by atoms with van der Waals surface area (Å²) in [6.45, 7) is 2.27. The minimum absolute atomic E-state index is 0.251. The summed E-state index contributed by atoms with van der Waals surface area (Å²) in [6.07, 6.45) is 20.1. The van der Waals surface area contributed by atoms with E-state index in [0.29, 0.717) is 5.75 Å². The van der Waals surface area contributed by atoms with E-state index in [1.807, 2.05) is 12.1 Å². The van der Waals surface area contributed by atoms with Gasteiger partial charge in [0.05, 0.1) is 5.56 Å². The second-order valence-electron chi connectivity index (χ2n) is 6.52. The molecule has 0 bridgehead atoms. The molecule has 0 fully saturated rings. The quantitative estimate of drug-likeness (QED) is 0.305. The molecule has 0 spiro atoms. The molecule has 1 aromatic rings. The lowest BCUT2D eigenvalue weighted by Gasteiger charge is -2.06. The van der Waals surface area contributed by atoms with E-state index in [9.17, 15) is 5.11 Å². The van der Waals surface area contributed by atoms with Crippen LogP contribution in [-0.2, 0) is 0 Å². The molecule has 0 heterocycles. The van der Waals surface area contributed by atoms with Crippen LogP contribution in [0.4, 0.5) is 0 Å². The van der Waals surface area contributed by atoms with Crippen LogP contribution in [0.1, 0.15) is 89.5 Å². The van der Waals surface area contributed by atoms with Crippen molar-refractivity contribution in [1.82, 2.24) is 0 Å². The Morgan fingerprint density at radius 1 is 0.917 bits per heavy atom. The molecule has 0 atom stereocenters. The molecule has 0 aliphatic rings. The van der Waals surface area contributed by atoms with Crippen molar-refractivity contribution in [3.8, 4) is 11.5 Å². The Kier molecular flexibility index (Phi) is 12.3. The molecule has 133 valence electrons. The zero-order chi connectivity index (χ0) is 17.5. The van der Waals surface area contributed by atoms with Crippen LogP contribution in [0.25, 0.3) is 6.08 Å². The smallest absolute Gasteiger partial charge is 0.341 e. The predicted molar refractivity (Wildman–Crippen MR) is 105 cm³/mol. The van der Waals surface area contributed by atoms with Crippen molar-refractivity contribution in [2.24, 2.45) is 0 Å².